The topological polar surface area (TPSA) is 447 Å². The van der Waals surface area contributed by atoms with E-state index >= 15 is 0 Å². The third-order valence-electron chi connectivity index (χ3n) is 18.4. The van der Waals surface area contributed by atoms with Crippen LogP contribution in [0.3, 0.4) is 0 Å². The zero-order chi connectivity index (χ0) is 83.4. The van der Waals surface area contributed by atoms with E-state index in [1.807, 2.05) is 12.1 Å². The quantitative estimate of drug-likeness (QED) is 0.0262. The Hall–Kier alpha value is -7.37. The van der Waals surface area contributed by atoms with Crippen molar-refractivity contribution in [2.24, 2.45) is 5.73 Å². The Bertz CT molecular complexity index is 3200. The fraction of sp³-hybridized carbons (Fsp3) is 0.691. The number of ether oxygens (including phenoxy) is 15. The highest BCUT2D eigenvalue weighted by molar-refractivity contribution is 5.96. The van der Waals surface area contributed by atoms with Crippen LogP contribution in [0.4, 0.5) is 16.2 Å². The number of carbonyl (C=O) groups is 8. The first-order valence-electron chi connectivity index (χ1n) is 40.5. The molecule has 1 saturated heterocycles. The minimum absolute atomic E-state index is 0.0132. The molecule has 3 aromatic rings. The number of carboxylic acids is 1. The van der Waals surface area contributed by atoms with Gasteiger partial charge in [-0.3, -0.25) is 43.9 Å². The smallest absolute Gasteiger partial charge is 0.411 e. The number of hydrogen-bond donors (Lipinski definition) is 8. The number of methoxy groups -OCH3 is 1. The molecule has 2 aromatic carbocycles. The maximum Gasteiger partial charge on any atom is 0.411 e. The highest BCUT2D eigenvalue weighted by Gasteiger charge is 2.48. The van der Waals surface area contributed by atoms with E-state index in [1.165, 1.54) is 34.2 Å². The average Bonchev–Trinajstić information content (AvgIpc) is 0.800. The lowest BCUT2D eigenvalue weighted by atomic mass is 9.95. The number of hydrogen-bond acceptors (Lipinski definition) is 29. The molecule has 0 radical (unpaired) electrons. The summed E-state index contributed by atoms with van der Waals surface area (Å²) in [5.41, 5.74) is 7.80. The van der Waals surface area contributed by atoms with Gasteiger partial charge in [0.05, 0.1) is 176 Å². The van der Waals surface area contributed by atoms with Crippen molar-refractivity contribution in [2.75, 3.05) is 196 Å². The van der Waals surface area contributed by atoms with Gasteiger partial charge in [-0.15, -0.1) is 0 Å². The third-order valence-corrected chi connectivity index (χ3v) is 18.4. The molecule has 0 bridgehead atoms. The molecular weight excluding hydrogens is 1520 g/mol. The number of rotatable bonds is 69. The number of unbranched alkanes of at least 4 members (excludes halogenated alkanes) is 6. The Labute approximate surface area is 680 Å². The van der Waals surface area contributed by atoms with Crippen molar-refractivity contribution in [3.05, 3.63) is 83.7 Å². The third kappa shape index (κ3) is 44.4. The fourth-order valence-electron chi connectivity index (χ4n) is 11.9. The molecule has 2 fully saturated rings. The molecule has 116 heavy (non-hydrogen) atoms. The average molecular weight is 1650 g/mol. The number of nitrogens with one attached hydrogen (secondary N) is 3. The lowest BCUT2D eigenvalue weighted by Crippen LogP contribution is -2.61. The molecular formula is C81H127N7O28. The van der Waals surface area contributed by atoms with Crippen LogP contribution >= 0.6 is 0 Å². The fourth-order valence-corrected chi connectivity index (χ4v) is 11.9. The number of aliphatic carboxylic acids is 1. The number of hydroxylamine groups is 2. The molecule has 654 valence electrons. The number of benzene rings is 2. The number of carbonyl (C=O) groups excluding carboxylic acids is 7. The molecule has 5 amide bonds. The van der Waals surface area contributed by atoms with E-state index in [2.05, 4.69) is 20.9 Å². The minimum Gasteiger partial charge on any atom is -0.479 e. The van der Waals surface area contributed by atoms with Crippen LogP contribution in [0.15, 0.2) is 67.0 Å². The first-order chi connectivity index (χ1) is 56.4. The largest absolute Gasteiger partial charge is 0.479 e. The molecule has 0 unspecified atom stereocenters. The number of aliphatic hydroxyl groups is 3. The number of aliphatic hydroxyl groups excluding tert-OH is 3. The SMILES string of the molecule is COCCOCCOCCOCCOCCOCCOCCOCCOCCOCCOCCOCCC(=O)CCCCC[C@H](N)C(=O)NCCC(=O)Nc1cc(O[C@@H]2O[C@H](C(=O)O)[C@@H](O)[C@H](O)[C@H]2O)ccc1COC(=O)Nc1cccc(C(=O)N(C)CCON(C(=O)CCCCCCCC(=O)Cc2ccncc2)C2CCCCC2)c1. The number of amides is 5. The van der Waals surface area contributed by atoms with Gasteiger partial charge in [-0.1, -0.05) is 57.4 Å². The number of nitrogens with two attached hydrogens (primary N) is 1. The Morgan fingerprint density at radius 3 is 1.65 bits per heavy atom. The van der Waals surface area contributed by atoms with Crippen molar-refractivity contribution in [1.29, 1.82) is 0 Å². The van der Waals surface area contributed by atoms with Crippen molar-refractivity contribution in [3.8, 4) is 5.75 Å². The van der Waals surface area contributed by atoms with E-state index in [0.29, 0.717) is 203 Å². The standard InChI is InChI=1S/C81H127N7O28/c1-87(32-34-114-88(65-17-8-6-9-18-65)72(92)22-13-5-3-4-10-20-67(90)57-61-25-29-83-30-26-61)78(97)62-15-14-16-64(58-62)85-81(100)113-60-63-23-24-68(115-80-75(95)73(93)74(94)76(116-80)79(98)99)59-70(63)86-71(91)27-31-84-77(96)69(82)21-12-7-11-19-66(89)28-33-102-37-38-104-41-42-106-45-46-108-49-50-110-53-54-112-56-55-111-52-51-109-48-47-107-44-43-105-40-39-103-36-35-101-2/h14-16,23-26,29-30,58-59,65,69,73-76,80,93-95H,3-13,17-22,27-28,31-57,60,82H2,1-2H3,(H,84,96)(H,85,100)(H,86,91)(H,98,99)/t69-,73-,74-,75+,76-,80+/m0/s1. The van der Waals surface area contributed by atoms with Crippen LogP contribution in [0.1, 0.15) is 143 Å². The molecule has 9 N–H and O–H groups in total. The first kappa shape index (κ1) is 99.2. The van der Waals surface area contributed by atoms with E-state index in [0.717, 1.165) is 63.4 Å². The Balaban J connectivity index is 0.902. The van der Waals surface area contributed by atoms with E-state index in [9.17, 15) is 58.8 Å². The predicted molar refractivity (Wildman–Crippen MR) is 421 cm³/mol. The summed E-state index contributed by atoms with van der Waals surface area (Å²) in [7, 11) is 3.23. The molecule has 1 aromatic heterocycles. The number of Topliss-reactive ketones (excluding diaryl/α,β-unsaturated/α-hetero) is 2. The summed E-state index contributed by atoms with van der Waals surface area (Å²) in [6.45, 7) is 9.87. The lowest BCUT2D eigenvalue weighted by Gasteiger charge is -2.38. The van der Waals surface area contributed by atoms with Crippen molar-refractivity contribution in [1.82, 2.24) is 20.3 Å². The van der Waals surface area contributed by atoms with Crippen molar-refractivity contribution in [2.45, 2.75) is 178 Å². The van der Waals surface area contributed by atoms with Crippen LogP contribution in [0.5, 0.6) is 5.75 Å². The summed E-state index contributed by atoms with van der Waals surface area (Å²) in [4.78, 5) is 116. The van der Waals surface area contributed by atoms with Crippen LogP contribution in [0.2, 0.25) is 0 Å². The van der Waals surface area contributed by atoms with Gasteiger partial charge < -0.3 is 113 Å². The monoisotopic (exact) mass is 1650 g/mol. The lowest BCUT2D eigenvalue weighted by molar-refractivity contribution is -0.271. The molecule has 5 rings (SSSR count). The summed E-state index contributed by atoms with van der Waals surface area (Å²) in [6, 6.07) is 12.9. The zero-order valence-corrected chi connectivity index (χ0v) is 67.6. The van der Waals surface area contributed by atoms with Crippen molar-refractivity contribution < 1.29 is 135 Å². The van der Waals surface area contributed by atoms with Gasteiger partial charge >= 0.3 is 12.1 Å². The van der Waals surface area contributed by atoms with Crippen LogP contribution in [0, 0.1) is 0 Å². The number of ketones is 2. The van der Waals surface area contributed by atoms with Gasteiger partial charge in [-0.25, -0.2) is 14.7 Å². The van der Waals surface area contributed by atoms with Crippen molar-refractivity contribution in [3.63, 3.8) is 0 Å². The minimum atomic E-state index is -1.99. The van der Waals surface area contributed by atoms with Gasteiger partial charge in [0.25, 0.3) is 5.91 Å². The number of carboxylic acid groups (broad SMARTS) is 1. The van der Waals surface area contributed by atoms with Gasteiger partial charge in [-0.05, 0) is 86.6 Å². The number of likely N-dealkylation sites (N-methyl/N-ethyl adjacent to an activating group) is 1. The first-order valence-corrected chi connectivity index (χ1v) is 40.5. The molecule has 6 atom stereocenters. The van der Waals surface area contributed by atoms with Crippen LogP contribution < -0.4 is 26.4 Å². The predicted octanol–water partition coefficient (Wildman–Crippen LogP) is 5.32. The number of pyridine rings is 1. The molecule has 2 aliphatic rings. The van der Waals surface area contributed by atoms with E-state index in [1.54, 1.807) is 44.8 Å². The van der Waals surface area contributed by atoms with Crippen molar-refractivity contribution >= 4 is 58.6 Å². The molecule has 1 aliphatic carbocycles. The molecule has 1 aliphatic heterocycles. The molecule has 35 nitrogen and oxygen atoms in total. The number of anilines is 2. The Morgan fingerprint density at radius 1 is 0.560 bits per heavy atom. The Kier molecular flexibility index (Phi) is 53.7. The van der Waals surface area contributed by atoms with Gasteiger partial charge in [0.2, 0.25) is 24.0 Å². The maximum atomic E-state index is 13.7. The summed E-state index contributed by atoms with van der Waals surface area (Å²) in [5, 5.41) is 50.3. The molecule has 35 heteroatoms. The number of aromatic nitrogens is 1. The van der Waals surface area contributed by atoms with Gasteiger partial charge in [-0.2, -0.15) is 0 Å². The second-order valence-electron chi connectivity index (χ2n) is 27.7. The second-order valence-corrected chi connectivity index (χ2v) is 27.7. The van der Waals surface area contributed by atoms with E-state index in [4.69, 9.17) is 81.6 Å². The van der Waals surface area contributed by atoms with Gasteiger partial charge in [0.15, 0.2) is 6.10 Å². The van der Waals surface area contributed by atoms with Gasteiger partial charge in [0.1, 0.15) is 42.2 Å². The maximum absolute atomic E-state index is 13.7. The molecule has 1 saturated carbocycles. The van der Waals surface area contributed by atoms with E-state index in [-0.39, 0.29) is 96.8 Å². The summed E-state index contributed by atoms with van der Waals surface area (Å²) < 4.78 is 81.8. The normalized spacial score (nSPS) is 16.5. The highest BCUT2D eigenvalue weighted by Crippen LogP contribution is 2.30. The van der Waals surface area contributed by atoms with E-state index < -0.39 is 67.2 Å². The molecule has 0 spiro atoms. The van der Waals surface area contributed by atoms with Crippen LogP contribution in [-0.4, -0.2) is 311 Å². The number of nitrogens with zero attached hydrogens (tertiary/aromatic N) is 3. The molecule has 2 heterocycles. The van der Waals surface area contributed by atoms with Gasteiger partial charge in [0, 0.05) is 101 Å². The Morgan fingerprint density at radius 2 is 1.09 bits per heavy atom. The zero-order valence-electron chi connectivity index (χ0n) is 67.6. The second kappa shape index (κ2) is 62.8. The summed E-state index contributed by atoms with van der Waals surface area (Å²) in [5.74, 6) is -3.12. The summed E-state index contributed by atoms with van der Waals surface area (Å²) in [6.07, 6.45) is 5.30. The van der Waals surface area contributed by atoms with Crippen LogP contribution in [-0.2, 0) is 113 Å². The van der Waals surface area contributed by atoms with Crippen LogP contribution in [0.25, 0.3) is 0 Å². The highest BCUT2D eigenvalue weighted by atomic mass is 16.7. The summed E-state index contributed by atoms with van der Waals surface area (Å²) >= 11 is 0.